The van der Waals surface area contributed by atoms with Crippen LogP contribution in [-0.4, -0.2) is 30.3 Å². The van der Waals surface area contributed by atoms with Gasteiger partial charge in [-0.2, -0.15) is 5.26 Å². The van der Waals surface area contributed by atoms with E-state index >= 15 is 0 Å². The normalized spacial score (nSPS) is 21.5. The van der Waals surface area contributed by atoms with Gasteiger partial charge in [0.25, 0.3) is 0 Å². The third-order valence-electron chi connectivity index (χ3n) is 5.17. The van der Waals surface area contributed by atoms with Crippen LogP contribution in [0.3, 0.4) is 0 Å². The molecule has 1 saturated heterocycles. The van der Waals surface area contributed by atoms with E-state index < -0.39 is 0 Å². The van der Waals surface area contributed by atoms with Crippen LogP contribution in [0, 0.1) is 23.2 Å². The molecule has 3 rings (SSSR count). The number of hydrogen-bond acceptors (Lipinski definition) is 3. The molecule has 0 amide bonds. The van der Waals surface area contributed by atoms with Crippen molar-refractivity contribution in [2.24, 2.45) is 11.8 Å². The van der Waals surface area contributed by atoms with Crippen LogP contribution >= 0.6 is 0 Å². The lowest BCUT2D eigenvalue weighted by atomic mass is 9.81. The molecule has 1 fully saturated rings. The summed E-state index contributed by atoms with van der Waals surface area (Å²) in [5, 5.41) is 11.0. The van der Waals surface area contributed by atoms with Crippen molar-refractivity contribution in [1.29, 1.82) is 5.26 Å². The van der Waals surface area contributed by atoms with Gasteiger partial charge >= 0.3 is 0 Å². The quantitative estimate of drug-likeness (QED) is 0.791. The predicted molar refractivity (Wildman–Crippen MR) is 97.0 cm³/mol. The Kier molecular flexibility index (Phi) is 4.97. The Morgan fingerprint density at radius 2 is 2.00 bits per heavy atom. The Balaban J connectivity index is 1.86. The van der Waals surface area contributed by atoms with Crippen LogP contribution in [0.5, 0.6) is 0 Å². The summed E-state index contributed by atoms with van der Waals surface area (Å²) in [6.45, 7) is 7.44. The van der Waals surface area contributed by atoms with Crippen LogP contribution < -0.4 is 0 Å². The lowest BCUT2D eigenvalue weighted by Gasteiger charge is -2.36. The van der Waals surface area contributed by atoms with Gasteiger partial charge in [0.15, 0.2) is 5.78 Å². The number of nitrogens with zero attached hydrogens (tertiary/aromatic N) is 2. The Bertz CT molecular complexity index is 790. The highest BCUT2D eigenvalue weighted by Gasteiger charge is 2.31. The van der Waals surface area contributed by atoms with Crippen LogP contribution in [0.1, 0.15) is 42.6 Å². The number of ketones is 1. The van der Waals surface area contributed by atoms with Crippen LogP contribution in [0.2, 0.25) is 0 Å². The molecule has 1 heterocycles. The van der Waals surface area contributed by atoms with Gasteiger partial charge in [0.1, 0.15) is 0 Å². The fourth-order valence-electron chi connectivity index (χ4n) is 3.68. The topological polar surface area (TPSA) is 44.1 Å². The minimum Gasteiger partial charge on any atom is -0.303 e. The number of hydrogen-bond donors (Lipinski definition) is 0. The molecular weight excluding hydrogens is 296 g/mol. The molecule has 124 valence electrons. The summed E-state index contributed by atoms with van der Waals surface area (Å²) in [5.74, 6) is 0.776. The van der Waals surface area contributed by atoms with Crippen molar-refractivity contribution in [3.63, 3.8) is 0 Å². The first-order valence-electron chi connectivity index (χ1n) is 8.83. The summed E-state index contributed by atoms with van der Waals surface area (Å²) in [6, 6.07) is 13.6. The van der Waals surface area contributed by atoms with Crippen molar-refractivity contribution < 1.29 is 4.79 Å². The number of benzene rings is 2. The van der Waals surface area contributed by atoms with Gasteiger partial charge in [0.05, 0.1) is 11.6 Å². The van der Waals surface area contributed by atoms with Gasteiger partial charge in [-0.1, -0.05) is 32.0 Å². The van der Waals surface area contributed by atoms with Crippen molar-refractivity contribution in [2.75, 3.05) is 19.6 Å². The third kappa shape index (κ3) is 3.34. The van der Waals surface area contributed by atoms with Crippen LogP contribution in [0.4, 0.5) is 0 Å². The number of carbonyl (C=O) groups is 1. The molecule has 0 saturated carbocycles. The van der Waals surface area contributed by atoms with E-state index in [0.717, 1.165) is 48.8 Å². The highest BCUT2D eigenvalue weighted by atomic mass is 16.1. The predicted octanol–water partition coefficient (Wildman–Crippen LogP) is 4.26. The van der Waals surface area contributed by atoms with Crippen molar-refractivity contribution in [3.05, 3.63) is 47.5 Å². The molecule has 0 aromatic heterocycles. The monoisotopic (exact) mass is 320 g/mol. The maximum Gasteiger partial charge on any atom is 0.167 e. The fraction of sp³-hybridized carbons (Fsp3) is 0.429. The maximum atomic E-state index is 13.0. The zero-order chi connectivity index (χ0) is 17.1. The number of likely N-dealkylation sites (tertiary alicyclic amines) is 1. The number of nitriles is 1. The smallest absolute Gasteiger partial charge is 0.167 e. The molecule has 3 nitrogen and oxygen atoms in total. The van der Waals surface area contributed by atoms with Crippen LogP contribution in [-0.2, 0) is 0 Å². The molecule has 3 heteroatoms. The highest BCUT2D eigenvalue weighted by Crippen LogP contribution is 2.28. The minimum absolute atomic E-state index is 0.0844. The van der Waals surface area contributed by atoms with Gasteiger partial charge < -0.3 is 4.90 Å². The molecule has 2 atom stereocenters. The average molecular weight is 320 g/mol. The van der Waals surface area contributed by atoms with Gasteiger partial charge in [-0.05, 0) is 60.8 Å². The first kappa shape index (κ1) is 16.7. The van der Waals surface area contributed by atoms with E-state index in [1.165, 1.54) is 0 Å². The van der Waals surface area contributed by atoms with E-state index in [9.17, 15) is 4.79 Å². The van der Waals surface area contributed by atoms with E-state index in [2.05, 4.69) is 24.8 Å². The number of carbonyl (C=O) groups excluding carboxylic acids is 1. The first-order chi connectivity index (χ1) is 11.6. The second kappa shape index (κ2) is 7.15. The number of Topliss-reactive ketones (excluding diaryl/α,β-unsaturated/α-hetero) is 1. The largest absolute Gasteiger partial charge is 0.303 e. The van der Waals surface area contributed by atoms with Crippen LogP contribution in [0.25, 0.3) is 10.8 Å². The molecule has 0 N–H and O–H groups in total. The zero-order valence-corrected chi connectivity index (χ0v) is 14.5. The summed E-state index contributed by atoms with van der Waals surface area (Å²) in [7, 11) is 0. The molecule has 0 radical (unpaired) electrons. The summed E-state index contributed by atoms with van der Waals surface area (Å²) >= 11 is 0. The van der Waals surface area contributed by atoms with Crippen molar-refractivity contribution in [3.8, 4) is 6.07 Å². The summed E-state index contributed by atoms with van der Waals surface area (Å²) in [5.41, 5.74) is 1.44. The molecule has 0 unspecified atom stereocenters. The van der Waals surface area contributed by atoms with E-state index in [1.807, 2.05) is 36.4 Å². The van der Waals surface area contributed by atoms with Gasteiger partial charge in [0, 0.05) is 18.0 Å². The number of piperidine rings is 1. The molecule has 0 bridgehead atoms. The Morgan fingerprint density at radius 1 is 1.25 bits per heavy atom. The molecule has 2 aromatic carbocycles. The van der Waals surface area contributed by atoms with Gasteiger partial charge in [-0.25, -0.2) is 0 Å². The van der Waals surface area contributed by atoms with Gasteiger partial charge in [-0.3, -0.25) is 4.79 Å². The molecule has 1 aliphatic rings. The van der Waals surface area contributed by atoms with Crippen LogP contribution in [0.15, 0.2) is 36.4 Å². The first-order valence-corrected chi connectivity index (χ1v) is 8.83. The Morgan fingerprint density at radius 3 is 2.75 bits per heavy atom. The van der Waals surface area contributed by atoms with E-state index in [-0.39, 0.29) is 11.7 Å². The average Bonchev–Trinajstić information content (AvgIpc) is 2.62. The number of rotatable bonds is 4. The second-order valence-electron chi connectivity index (χ2n) is 6.93. The van der Waals surface area contributed by atoms with E-state index in [4.69, 9.17) is 5.26 Å². The maximum absolute atomic E-state index is 13.0. The van der Waals surface area contributed by atoms with Crippen molar-refractivity contribution in [2.45, 2.75) is 26.7 Å². The second-order valence-corrected chi connectivity index (χ2v) is 6.93. The molecule has 24 heavy (non-hydrogen) atoms. The molecular formula is C21H24N2O. The summed E-state index contributed by atoms with van der Waals surface area (Å²) in [4.78, 5) is 15.5. The van der Waals surface area contributed by atoms with Crippen molar-refractivity contribution >= 4 is 16.6 Å². The molecule has 0 aliphatic carbocycles. The lowest BCUT2D eigenvalue weighted by molar-refractivity contribution is 0.0720. The number of fused-ring (bicyclic) bond motifs is 1. The molecule has 0 spiro atoms. The molecule has 2 aromatic rings. The fourth-order valence-corrected chi connectivity index (χ4v) is 3.68. The van der Waals surface area contributed by atoms with E-state index in [0.29, 0.717) is 11.5 Å². The van der Waals surface area contributed by atoms with E-state index in [1.54, 1.807) is 0 Å². The standard InChI is InChI=1S/C21H24N2O/c1-3-9-23-10-8-15(2)20(14-23)21(24)19-7-6-17-11-16(13-22)4-5-18(17)12-19/h4-7,11-12,15,20H,3,8-10,14H2,1-2H3/t15-,20-/m0/s1. The highest BCUT2D eigenvalue weighted by molar-refractivity contribution is 6.01. The Labute approximate surface area is 143 Å². The zero-order valence-electron chi connectivity index (χ0n) is 14.5. The summed E-state index contributed by atoms with van der Waals surface area (Å²) in [6.07, 6.45) is 2.22. The van der Waals surface area contributed by atoms with Gasteiger partial charge in [-0.15, -0.1) is 0 Å². The summed E-state index contributed by atoms with van der Waals surface area (Å²) < 4.78 is 0. The SMILES string of the molecule is CCCN1CC[C@H](C)[C@@H](C(=O)c2ccc3cc(C#N)ccc3c2)C1. The van der Waals surface area contributed by atoms with Crippen molar-refractivity contribution in [1.82, 2.24) is 4.90 Å². The Hall–Kier alpha value is -2.18. The van der Waals surface area contributed by atoms with Gasteiger partial charge in [0.2, 0.25) is 0 Å². The third-order valence-corrected chi connectivity index (χ3v) is 5.17. The lowest BCUT2D eigenvalue weighted by Crippen LogP contribution is -2.43. The minimum atomic E-state index is 0.0844. The molecule has 1 aliphatic heterocycles.